The fourth-order valence-electron chi connectivity index (χ4n) is 1.75. The van der Waals surface area contributed by atoms with Crippen molar-refractivity contribution >= 4 is 33.4 Å². The van der Waals surface area contributed by atoms with E-state index in [-0.39, 0.29) is 13.1 Å². The van der Waals surface area contributed by atoms with Crippen LogP contribution >= 0.6 is 27.5 Å². The molecule has 2 nitrogen and oxygen atoms in total. The molecule has 0 saturated carbocycles. The van der Waals surface area contributed by atoms with Crippen LogP contribution < -0.4 is 0 Å². The van der Waals surface area contributed by atoms with Gasteiger partial charge in [-0.1, -0.05) is 27.5 Å². The van der Waals surface area contributed by atoms with Gasteiger partial charge in [-0.25, -0.2) is 0 Å². The van der Waals surface area contributed by atoms with Crippen molar-refractivity contribution in [3.05, 3.63) is 32.8 Å². The summed E-state index contributed by atoms with van der Waals surface area (Å²) in [6.45, 7) is -0.160. The second-order valence-electron chi connectivity index (χ2n) is 3.68. The second-order valence-corrected chi connectivity index (χ2v) is 5.01. The maximum absolute atomic E-state index is 12.3. The molecular formula is C10H6BrClF3NO. The van der Waals surface area contributed by atoms with Crippen molar-refractivity contribution < 1.29 is 18.0 Å². The van der Waals surface area contributed by atoms with Crippen LogP contribution in [-0.2, 0) is 17.9 Å². The number of hydrogen-bond acceptors (Lipinski definition) is 1. The topological polar surface area (TPSA) is 20.3 Å². The smallest absolute Gasteiger partial charge is 0.326 e. The zero-order valence-corrected chi connectivity index (χ0v) is 10.7. The lowest BCUT2D eigenvalue weighted by Gasteiger charge is -2.16. The molecule has 0 radical (unpaired) electrons. The highest BCUT2D eigenvalue weighted by molar-refractivity contribution is 9.10. The quantitative estimate of drug-likeness (QED) is 0.714. The van der Waals surface area contributed by atoms with Gasteiger partial charge in [0.2, 0.25) is 0 Å². The molecule has 92 valence electrons. The molecule has 1 heterocycles. The van der Waals surface area contributed by atoms with Gasteiger partial charge in [-0.2, -0.15) is 13.2 Å². The molecule has 17 heavy (non-hydrogen) atoms. The molecule has 0 fully saturated rings. The van der Waals surface area contributed by atoms with E-state index in [1.54, 1.807) is 12.1 Å². The Bertz CT molecular complexity index is 489. The van der Waals surface area contributed by atoms with Crippen LogP contribution in [0.5, 0.6) is 0 Å². The summed E-state index contributed by atoms with van der Waals surface area (Å²) in [5.74, 6) is -1.83. The van der Waals surface area contributed by atoms with Crippen molar-refractivity contribution in [2.75, 3.05) is 0 Å². The fraction of sp³-hybridized carbons (Fsp3) is 0.300. The Morgan fingerprint density at radius 2 is 2.00 bits per heavy atom. The summed E-state index contributed by atoms with van der Waals surface area (Å²) < 4.78 is 37.5. The van der Waals surface area contributed by atoms with Crippen LogP contribution in [0.15, 0.2) is 16.6 Å². The lowest BCUT2D eigenvalue weighted by molar-refractivity contribution is -0.186. The third-order valence-corrected chi connectivity index (χ3v) is 3.29. The SMILES string of the molecule is O=C(N1Cc2cc(Br)cc(Cl)c2C1)C(F)(F)F. The van der Waals surface area contributed by atoms with Gasteiger partial charge in [0, 0.05) is 22.6 Å². The maximum atomic E-state index is 12.3. The molecule has 1 aromatic rings. The van der Waals surface area contributed by atoms with E-state index in [0.717, 1.165) is 4.90 Å². The van der Waals surface area contributed by atoms with Crippen molar-refractivity contribution in [1.82, 2.24) is 4.90 Å². The Morgan fingerprint density at radius 1 is 1.35 bits per heavy atom. The second kappa shape index (κ2) is 4.17. The standard InChI is InChI=1S/C10H6BrClF3NO/c11-6-1-5-3-16(9(17)10(13,14)15)4-7(5)8(12)2-6/h1-2H,3-4H2. The number of amides is 1. The zero-order chi connectivity index (χ0) is 12.8. The first-order valence-corrected chi connectivity index (χ1v) is 5.79. The first-order valence-electron chi connectivity index (χ1n) is 4.62. The van der Waals surface area contributed by atoms with Crippen molar-refractivity contribution in [2.45, 2.75) is 19.3 Å². The summed E-state index contributed by atoms with van der Waals surface area (Å²) in [4.78, 5) is 11.8. The molecule has 0 atom stereocenters. The van der Waals surface area contributed by atoms with Crippen molar-refractivity contribution in [1.29, 1.82) is 0 Å². The van der Waals surface area contributed by atoms with E-state index in [0.29, 0.717) is 20.6 Å². The number of carbonyl (C=O) groups excluding carboxylic acids is 1. The van der Waals surface area contributed by atoms with Gasteiger partial charge in [-0.05, 0) is 23.3 Å². The number of alkyl halides is 3. The summed E-state index contributed by atoms with van der Waals surface area (Å²) in [5, 5.41) is 0.367. The molecule has 1 amide bonds. The minimum atomic E-state index is -4.84. The molecule has 0 unspecified atom stereocenters. The molecule has 1 aromatic carbocycles. The normalized spacial score (nSPS) is 15.0. The van der Waals surface area contributed by atoms with Crippen LogP contribution in [0.3, 0.4) is 0 Å². The summed E-state index contributed by atoms with van der Waals surface area (Å²) in [5.41, 5.74) is 1.22. The van der Waals surface area contributed by atoms with Crippen LogP contribution in [0.1, 0.15) is 11.1 Å². The number of nitrogens with zero attached hydrogens (tertiary/aromatic N) is 1. The molecule has 0 aromatic heterocycles. The van der Waals surface area contributed by atoms with E-state index in [2.05, 4.69) is 15.9 Å². The fourth-order valence-corrected chi connectivity index (χ4v) is 2.69. The molecular weight excluding hydrogens is 322 g/mol. The van der Waals surface area contributed by atoms with Crippen molar-refractivity contribution in [2.24, 2.45) is 0 Å². The largest absolute Gasteiger partial charge is 0.471 e. The van der Waals surface area contributed by atoms with Gasteiger partial charge in [0.05, 0.1) is 0 Å². The Morgan fingerprint density at radius 3 is 2.59 bits per heavy atom. The molecule has 0 N–H and O–H groups in total. The predicted octanol–water partition coefficient (Wildman–Crippen LogP) is 3.51. The molecule has 0 saturated heterocycles. The molecule has 0 aliphatic carbocycles. The molecule has 1 aliphatic rings. The van der Waals surface area contributed by atoms with Gasteiger partial charge in [0.15, 0.2) is 0 Å². The average molecular weight is 329 g/mol. The minimum absolute atomic E-state index is 0.0627. The first-order chi connectivity index (χ1) is 7.79. The number of fused-ring (bicyclic) bond motifs is 1. The highest BCUT2D eigenvalue weighted by Crippen LogP contribution is 2.34. The van der Waals surface area contributed by atoms with Crippen molar-refractivity contribution in [3.8, 4) is 0 Å². The van der Waals surface area contributed by atoms with E-state index in [1.807, 2.05) is 0 Å². The van der Waals surface area contributed by atoms with Crippen LogP contribution in [-0.4, -0.2) is 17.0 Å². The first kappa shape index (κ1) is 12.7. The highest BCUT2D eigenvalue weighted by atomic mass is 79.9. The van der Waals surface area contributed by atoms with Gasteiger partial charge in [-0.3, -0.25) is 4.79 Å². The van der Waals surface area contributed by atoms with E-state index >= 15 is 0 Å². The lowest BCUT2D eigenvalue weighted by Crippen LogP contribution is -2.37. The predicted molar refractivity (Wildman–Crippen MR) is 59.5 cm³/mol. The monoisotopic (exact) mass is 327 g/mol. The average Bonchev–Trinajstić information content (AvgIpc) is 2.58. The Hall–Kier alpha value is -0.750. The molecule has 0 bridgehead atoms. The van der Waals surface area contributed by atoms with Crippen LogP contribution in [0.25, 0.3) is 0 Å². The van der Waals surface area contributed by atoms with Crippen LogP contribution in [0.4, 0.5) is 13.2 Å². The molecule has 2 rings (SSSR count). The Kier molecular flexibility index (Phi) is 3.12. The van der Waals surface area contributed by atoms with Gasteiger partial charge >= 0.3 is 12.1 Å². The molecule has 7 heteroatoms. The third kappa shape index (κ3) is 2.42. The number of halogens is 5. The van der Waals surface area contributed by atoms with Gasteiger partial charge in [0.1, 0.15) is 0 Å². The number of carbonyl (C=O) groups is 1. The van der Waals surface area contributed by atoms with E-state index < -0.39 is 12.1 Å². The Balaban J connectivity index is 2.28. The third-order valence-electron chi connectivity index (χ3n) is 2.49. The summed E-state index contributed by atoms with van der Waals surface area (Å²) in [6, 6.07) is 3.27. The van der Waals surface area contributed by atoms with E-state index in [9.17, 15) is 18.0 Å². The zero-order valence-electron chi connectivity index (χ0n) is 8.31. The lowest BCUT2D eigenvalue weighted by atomic mass is 10.1. The van der Waals surface area contributed by atoms with E-state index in [1.165, 1.54) is 0 Å². The molecule has 1 aliphatic heterocycles. The van der Waals surface area contributed by atoms with Gasteiger partial charge in [-0.15, -0.1) is 0 Å². The van der Waals surface area contributed by atoms with Crippen LogP contribution in [0.2, 0.25) is 5.02 Å². The number of rotatable bonds is 0. The number of hydrogen-bond donors (Lipinski definition) is 0. The van der Waals surface area contributed by atoms with Gasteiger partial charge < -0.3 is 4.90 Å². The minimum Gasteiger partial charge on any atom is -0.326 e. The van der Waals surface area contributed by atoms with Crippen molar-refractivity contribution in [3.63, 3.8) is 0 Å². The van der Waals surface area contributed by atoms with Crippen LogP contribution in [0, 0.1) is 0 Å². The van der Waals surface area contributed by atoms with E-state index in [4.69, 9.17) is 11.6 Å². The highest BCUT2D eigenvalue weighted by Gasteiger charge is 2.44. The summed E-state index contributed by atoms with van der Waals surface area (Å²) in [7, 11) is 0. The number of benzene rings is 1. The summed E-state index contributed by atoms with van der Waals surface area (Å²) in [6.07, 6.45) is -4.84. The van der Waals surface area contributed by atoms with Gasteiger partial charge in [0.25, 0.3) is 0 Å². The maximum Gasteiger partial charge on any atom is 0.471 e. The molecule has 0 spiro atoms. The Labute approximate surface area is 108 Å². The summed E-state index contributed by atoms with van der Waals surface area (Å²) >= 11 is 9.11.